The highest BCUT2D eigenvalue weighted by molar-refractivity contribution is 5.59. The molecule has 0 atom stereocenters. The number of allylic oxidation sites excluding steroid dienone is 2. The third-order valence-corrected chi connectivity index (χ3v) is 2.01. The lowest BCUT2D eigenvalue weighted by Gasteiger charge is -2.03. The second-order valence-corrected chi connectivity index (χ2v) is 3.39. The average Bonchev–Trinajstić information content (AvgIpc) is 2.54. The van der Waals surface area contributed by atoms with E-state index < -0.39 is 5.82 Å². The Balaban J connectivity index is 3.21. The topological polar surface area (TPSA) is 43.4 Å². The van der Waals surface area contributed by atoms with Crippen LogP contribution in [-0.2, 0) is 0 Å². The molecule has 0 amide bonds. The van der Waals surface area contributed by atoms with Gasteiger partial charge in [0, 0.05) is 0 Å². The van der Waals surface area contributed by atoms with Gasteiger partial charge in [-0.1, -0.05) is 33.1 Å². The minimum absolute atomic E-state index is 0.306. The molecule has 0 aliphatic rings. The van der Waals surface area contributed by atoms with E-state index in [1.165, 1.54) is 6.08 Å². The van der Waals surface area contributed by atoms with E-state index in [-0.39, 0.29) is 0 Å². The molecule has 3 heteroatoms. The van der Waals surface area contributed by atoms with Crippen molar-refractivity contribution < 1.29 is 8.83 Å². The third-order valence-electron chi connectivity index (χ3n) is 2.01. The van der Waals surface area contributed by atoms with E-state index in [4.69, 9.17) is 8.83 Å². The summed E-state index contributed by atoms with van der Waals surface area (Å²) in [7, 11) is 0. The molecule has 0 bridgehead atoms. The van der Waals surface area contributed by atoms with E-state index in [2.05, 4.69) is 13.2 Å². The summed E-state index contributed by atoms with van der Waals surface area (Å²) in [5.41, 5.74) is 0.975. The lowest BCUT2D eigenvalue weighted by molar-refractivity contribution is 0.381. The molecule has 0 saturated carbocycles. The van der Waals surface area contributed by atoms with Crippen molar-refractivity contribution in [3.8, 4) is 0 Å². The zero-order valence-electron chi connectivity index (χ0n) is 8.95. The maximum atomic E-state index is 10.9. The van der Waals surface area contributed by atoms with Crippen LogP contribution < -0.4 is 5.82 Å². The van der Waals surface area contributed by atoms with Crippen LogP contribution >= 0.6 is 0 Å². The Hall–Kier alpha value is -1.77. The average molecular weight is 206 g/mol. The van der Waals surface area contributed by atoms with Gasteiger partial charge in [0.2, 0.25) is 0 Å². The quantitative estimate of drug-likeness (QED) is 0.711. The van der Waals surface area contributed by atoms with Crippen molar-refractivity contribution in [1.29, 1.82) is 0 Å². The Morgan fingerprint density at radius 2 is 1.87 bits per heavy atom. The predicted octanol–water partition coefficient (Wildman–Crippen LogP) is 3.10. The van der Waals surface area contributed by atoms with Gasteiger partial charge in [0.1, 0.15) is 0 Å². The van der Waals surface area contributed by atoms with Crippen LogP contribution in [-0.4, -0.2) is 0 Å². The van der Waals surface area contributed by atoms with Crippen LogP contribution in [0.3, 0.4) is 0 Å². The Morgan fingerprint density at radius 1 is 1.27 bits per heavy atom. The van der Waals surface area contributed by atoms with Crippen molar-refractivity contribution in [2.45, 2.75) is 13.8 Å². The first-order valence-corrected chi connectivity index (χ1v) is 4.69. The van der Waals surface area contributed by atoms with Gasteiger partial charge >= 0.3 is 5.82 Å². The predicted molar refractivity (Wildman–Crippen MR) is 60.3 cm³/mol. The normalized spacial score (nSPS) is 11.8. The highest BCUT2D eigenvalue weighted by Gasteiger charge is 2.08. The van der Waals surface area contributed by atoms with Gasteiger partial charge in [-0.25, -0.2) is 4.79 Å². The van der Waals surface area contributed by atoms with E-state index in [0.29, 0.717) is 17.4 Å². The van der Waals surface area contributed by atoms with Gasteiger partial charge in [-0.05, 0) is 23.6 Å². The summed E-state index contributed by atoms with van der Waals surface area (Å²) >= 11 is 0. The zero-order valence-corrected chi connectivity index (χ0v) is 8.95. The van der Waals surface area contributed by atoms with Crippen molar-refractivity contribution in [1.82, 2.24) is 0 Å². The first-order valence-electron chi connectivity index (χ1n) is 4.69. The summed E-state index contributed by atoms with van der Waals surface area (Å²) in [6, 6.07) is 0. The fraction of sp³-hybridized carbons (Fsp3) is 0.250. The lowest BCUT2D eigenvalue weighted by Crippen LogP contribution is -1.90. The van der Waals surface area contributed by atoms with Gasteiger partial charge < -0.3 is 8.83 Å². The second kappa shape index (κ2) is 4.64. The van der Waals surface area contributed by atoms with E-state index in [9.17, 15) is 4.79 Å². The second-order valence-electron chi connectivity index (χ2n) is 3.39. The third kappa shape index (κ3) is 2.59. The van der Waals surface area contributed by atoms with E-state index in [1.54, 1.807) is 12.2 Å². The number of hydrogen-bond acceptors (Lipinski definition) is 3. The highest BCUT2D eigenvalue weighted by atomic mass is 16.6. The van der Waals surface area contributed by atoms with Crippen molar-refractivity contribution >= 4 is 12.2 Å². The molecule has 1 aromatic heterocycles. The van der Waals surface area contributed by atoms with Crippen LogP contribution in [0.5, 0.6) is 0 Å². The summed E-state index contributed by atoms with van der Waals surface area (Å²) in [6.07, 6.45) is 4.90. The molecule has 15 heavy (non-hydrogen) atoms. The molecule has 0 fully saturated rings. The molecule has 0 N–H and O–H groups in total. The SMILES string of the molecule is C=C/C(=C\c1oc(=O)oc1C=C)C(C)C. The molecule has 3 nitrogen and oxygen atoms in total. The molecular formula is C12H14O3. The Morgan fingerprint density at radius 3 is 2.33 bits per heavy atom. The molecule has 1 heterocycles. The van der Waals surface area contributed by atoms with Crippen LogP contribution in [0.2, 0.25) is 0 Å². The largest absolute Gasteiger partial charge is 0.519 e. The zero-order chi connectivity index (χ0) is 11.4. The van der Waals surface area contributed by atoms with Gasteiger partial charge in [-0.2, -0.15) is 0 Å². The first kappa shape index (κ1) is 11.3. The van der Waals surface area contributed by atoms with Crippen LogP contribution in [0, 0.1) is 5.92 Å². The van der Waals surface area contributed by atoms with Crippen LogP contribution in [0.4, 0.5) is 0 Å². The summed E-state index contributed by atoms with van der Waals surface area (Å²) < 4.78 is 9.64. The van der Waals surface area contributed by atoms with Gasteiger partial charge in [0.15, 0.2) is 11.5 Å². The molecule has 0 aliphatic heterocycles. The minimum atomic E-state index is -0.719. The Bertz CT molecular complexity index is 444. The van der Waals surface area contributed by atoms with Crippen molar-refractivity contribution in [3.63, 3.8) is 0 Å². The Labute approximate surface area is 88.4 Å². The van der Waals surface area contributed by atoms with Crippen LogP contribution in [0.25, 0.3) is 12.2 Å². The lowest BCUT2D eigenvalue weighted by atomic mass is 10.0. The van der Waals surface area contributed by atoms with Gasteiger partial charge in [-0.3, -0.25) is 0 Å². The van der Waals surface area contributed by atoms with Crippen molar-refractivity contribution in [3.05, 3.63) is 46.9 Å². The van der Waals surface area contributed by atoms with Crippen LogP contribution in [0.1, 0.15) is 25.4 Å². The van der Waals surface area contributed by atoms with Gasteiger partial charge in [-0.15, -0.1) is 0 Å². The maximum Gasteiger partial charge on any atom is 0.519 e. The van der Waals surface area contributed by atoms with E-state index >= 15 is 0 Å². The molecule has 0 unspecified atom stereocenters. The van der Waals surface area contributed by atoms with E-state index in [1.807, 2.05) is 13.8 Å². The maximum absolute atomic E-state index is 10.9. The monoisotopic (exact) mass is 206 g/mol. The molecule has 1 aromatic rings. The van der Waals surface area contributed by atoms with Crippen molar-refractivity contribution in [2.75, 3.05) is 0 Å². The van der Waals surface area contributed by atoms with E-state index in [0.717, 1.165) is 5.57 Å². The fourth-order valence-electron chi connectivity index (χ4n) is 1.16. The van der Waals surface area contributed by atoms with Gasteiger partial charge in [0.25, 0.3) is 0 Å². The molecule has 0 spiro atoms. The minimum Gasteiger partial charge on any atom is -0.391 e. The molecule has 0 aliphatic carbocycles. The van der Waals surface area contributed by atoms with Crippen molar-refractivity contribution in [2.24, 2.45) is 5.92 Å². The smallest absolute Gasteiger partial charge is 0.391 e. The highest BCUT2D eigenvalue weighted by Crippen LogP contribution is 2.18. The van der Waals surface area contributed by atoms with Crippen LogP contribution in [0.15, 0.2) is 38.4 Å². The first-order chi connectivity index (χ1) is 7.08. The van der Waals surface area contributed by atoms with Gasteiger partial charge in [0.05, 0.1) is 0 Å². The standard InChI is InChI=1S/C12H14O3/c1-5-9(8(3)4)7-11-10(6-2)14-12(13)15-11/h5-8H,1-2H2,3-4H3/b9-7+. The molecule has 1 rings (SSSR count). The molecule has 0 saturated heterocycles. The summed E-state index contributed by atoms with van der Waals surface area (Å²) in [4.78, 5) is 10.9. The molecule has 0 aromatic carbocycles. The number of hydrogen-bond donors (Lipinski definition) is 0. The molecule has 80 valence electrons. The summed E-state index contributed by atoms with van der Waals surface area (Å²) in [5.74, 6) is 0.322. The number of rotatable bonds is 4. The fourth-order valence-corrected chi connectivity index (χ4v) is 1.16. The summed E-state index contributed by atoms with van der Waals surface area (Å²) in [5, 5.41) is 0. The molecular weight excluding hydrogens is 192 g/mol. The molecule has 0 radical (unpaired) electrons. The Kier molecular flexibility index (Phi) is 3.50. The summed E-state index contributed by atoms with van der Waals surface area (Å²) in [6.45, 7) is 11.3.